The Bertz CT molecular complexity index is 1560. The number of hydrogen-bond donors (Lipinski definition) is 1. The van der Waals surface area contributed by atoms with Crippen LogP contribution in [0.5, 0.6) is 0 Å². The maximum atomic E-state index is 13.7. The minimum Gasteiger partial charge on any atom is -0.333 e. The van der Waals surface area contributed by atoms with Crippen LogP contribution in [0.3, 0.4) is 0 Å². The molecule has 1 N–H and O–H groups in total. The lowest BCUT2D eigenvalue weighted by Crippen LogP contribution is -2.34. The van der Waals surface area contributed by atoms with Gasteiger partial charge in [-0.15, -0.1) is 28.3 Å². The lowest BCUT2D eigenvalue weighted by Gasteiger charge is -2.22. The molecule has 1 saturated carbocycles. The molecule has 0 radical (unpaired) electrons. The fourth-order valence-electron chi connectivity index (χ4n) is 4.06. The summed E-state index contributed by atoms with van der Waals surface area (Å²) < 4.78 is 12.3. The number of rotatable bonds is 6. The SMILES string of the molecule is CCC(=O)ON(C(=O)c1cc(NC(=O)C2C(c3cc(Cl)cc(Cl)c3)C2(Cl)Cl)ccc1Cl)c1ccc(F)cc1C#N. The van der Waals surface area contributed by atoms with Crippen molar-refractivity contribution in [1.29, 1.82) is 5.26 Å². The molecular weight excluding hydrogens is 627 g/mol. The van der Waals surface area contributed by atoms with Crippen molar-refractivity contribution in [2.45, 2.75) is 23.6 Å². The molecule has 2 atom stereocenters. The quantitative estimate of drug-likeness (QED) is 0.219. The Kier molecular flexibility index (Phi) is 8.83. The molecule has 0 aromatic heterocycles. The molecule has 3 aromatic rings. The Labute approximate surface area is 253 Å². The largest absolute Gasteiger partial charge is 0.333 e. The van der Waals surface area contributed by atoms with Crippen LogP contribution in [0.4, 0.5) is 15.8 Å². The van der Waals surface area contributed by atoms with Gasteiger partial charge in [0.1, 0.15) is 21.9 Å². The third-order valence-electron chi connectivity index (χ3n) is 6.01. The molecule has 1 aliphatic carbocycles. The highest BCUT2D eigenvalue weighted by atomic mass is 35.5. The van der Waals surface area contributed by atoms with Gasteiger partial charge >= 0.3 is 5.97 Å². The average molecular weight is 644 g/mol. The van der Waals surface area contributed by atoms with E-state index < -0.39 is 39.8 Å². The van der Waals surface area contributed by atoms with Crippen LogP contribution in [0, 0.1) is 23.1 Å². The van der Waals surface area contributed by atoms with E-state index >= 15 is 0 Å². The van der Waals surface area contributed by atoms with Crippen molar-refractivity contribution < 1.29 is 23.6 Å². The van der Waals surface area contributed by atoms with Gasteiger partial charge in [0, 0.05) is 28.1 Å². The molecule has 0 heterocycles. The number of anilines is 2. The molecule has 0 aliphatic heterocycles. The minimum absolute atomic E-state index is 0.0527. The van der Waals surface area contributed by atoms with E-state index in [2.05, 4.69) is 5.32 Å². The van der Waals surface area contributed by atoms with E-state index in [1.165, 1.54) is 31.2 Å². The number of halogens is 6. The van der Waals surface area contributed by atoms with Crippen molar-refractivity contribution in [3.8, 4) is 6.07 Å². The molecule has 40 heavy (non-hydrogen) atoms. The van der Waals surface area contributed by atoms with E-state index in [0.29, 0.717) is 20.7 Å². The standard InChI is InChI=1S/C27H17Cl5FN3O4/c1-2-22(37)40-36(21-6-3-17(33)9-14(21)12-34)26(39)19-11-18(4-5-20(19)30)35-25(38)24-23(27(24,31)32)13-7-15(28)10-16(29)8-13/h3-11,23-24H,2H2,1H3,(H,35,38). The summed E-state index contributed by atoms with van der Waals surface area (Å²) in [4.78, 5) is 44.0. The summed E-state index contributed by atoms with van der Waals surface area (Å²) in [6, 6.07) is 13.6. The van der Waals surface area contributed by atoms with Gasteiger partial charge in [0.25, 0.3) is 5.91 Å². The summed E-state index contributed by atoms with van der Waals surface area (Å²) in [5.41, 5.74) is 0.0952. The second kappa shape index (κ2) is 11.8. The van der Waals surface area contributed by atoms with Gasteiger partial charge in [-0.05, 0) is 60.2 Å². The Morgan fingerprint density at radius 1 is 1.05 bits per heavy atom. The van der Waals surface area contributed by atoms with Crippen molar-refractivity contribution in [3.05, 3.63) is 92.2 Å². The number of nitrogens with zero attached hydrogens (tertiary/aromatic N) is 2. The van der Waals surface area contributed by atoms with Crippen molar-refractivity contribution >= 4 is 87.2 Å². The van der Waals surface area contributed by atoms with E-state index in [9.17, 15) is 24.0 Å². The van der Waals surface area contributed by atoms with E-state index in [-0.39, 0.29) is 33.9 Å². The van der Waals surface area contributed by atoms with Crippen LogP contribution in [0.15, 0.2) is 54.6 Å². The zero-order valence-corrected chi connectivity index (χ0v) is 24.1. The normalized spacial score (nSPS) is 16.9. The highest BCUT2D eigenvalue weighted by Crippen LogP contribution is 2.65. The highest BCUT2D eigenvalue weighted by Gasteiger charge is 2.67. The third-order valence-corrected chi connectivity index (χ3v) is 7.71. The van der Waals surface area contributed by atoms with Crippen molar-refractivity contribution in [2.75, 3.05) is 10.4 Å². The number of nitrogens with one attached hydrogen (secondary N) is 1. The molecule has 0 bridgehead atoms. The first-order chi connectivity index (χ1) is 18.9. The van der Waals surface area contributed by atoms with Crippen molar-refractivity contribution in [3.63, 3.8) is 0 Å². The van der Waals surface area contributed by atoms with Gasteiger partial charge in [0.15, 0.2) is 0 Å². The topological polar surface area (TPSA) is 99.5 Å². The van der Waals surface area contributed by atoms with Gasteiger partial charge < -0.3 is 10.2 Å². The number of carbonyl (C=O) groups is 3. The summed E-state index contributed by atoms with van der Waals surface area (Å²) in [7, 11) is 0. The fraction of sp³-hybridized carbons (Fsp3) is 0.185. The molecule has 0 saturated heterocycles. The maximum absolute atomic E-state index is 13.7. The van der Waals surface area contributed by atoms with E-state index in [1.807, 2.05) is 0 Å². The summed E-state index contributed by atoms with van der Waals surface area (Å²) in [5.74, 6) is -4.51. The molecule has 1 fully saturated rings. The first-order valence-electron chi connectivity index (χ1n) is 11.6. The lowest BCUT2D eigenvalue weighted by atomic mass is 10.1. The monoisotopic (exact) mass is 641 g/mol. The zero-order valence-electron chi connectivity index (χ0n) is 20.4. The number of hydroxylamine groups is 1. The van der Waals surface area contributed by atoms with Gasteiger partial charge in [0.05, 0.1) is 22.1 Å². The Hall–Kier alpha value is -3.06. The van der Waals surface area contributed by atoms with Crippen LogP contribution in [-0.2, 0) is 14.4 Å². The van der Waals surface area contributed by atoms with Crippen LogP contribution in [-0.4, -0.2) is 22.1 Å². The van der Waals surface area contributed by atoms with Crippen LogP contribution in [0.2, 0.25) is 15.1 Å². The van der Waals surface area contributed by atoms with Crippen LogP contribution < -0.4 is 10.4 Å². The first-order valence-corrected chi connectivity index (χ1v) is 13.5. The first kappa shape index (κ1) is 29.9. The number of benzene rings is 3. The maximum Gasteiger partial charge on any atom is 0.332 e. The number of hydrogen-bond acceptors (Lipinski definition) is 5. The lowest BCUT2D eigenvalue weighted by molar-refractivity contribution is -0.143. The number of nitriles is 1. The van der Waals surface area contributed by atoms with Gasteiger partial charge in [-0.1, -0.05) is 41.7 Å². The second-order valence-electron chi connectivity index (χ2n) is 8.71. The molecule has 4 rings (SSSR count). The Balaban J connectivity index is 1.63. The molecule has 13 heteroatoms. The van der Waals surface area contributed by atoms with E-state index in [1.54, 1.807) is 18.2 Å². The molecule has 2 amide bonds. The number of amides is 2. The van der Waals surface area contributed by atoms with E-state index in [0.717, 1.165) is 18.2 Å². The van der Waals surface area contributed by atoms with Gasteiger partial charge in [-0.2, -0.15) is 5.26 Å². The molecular formula is C27H17Cl5FN3O4. The highest BCUT2D eigenvalue weighted by molar-refractivity contribution is 6.53. The molecule has 3 aromatic carbocycles. The number of carbonyl (C=O) groups excluding carboxylic acids is 3. The third kappa shape index (κ3) is 6.14. The smallest absolute Gasteiger partial charge is 0.332 e. The van der Waals surface area contributed by atoms with Crippen molar-refractivity contribution in [1.82, 2.24) is 0 Å². The minimum atomic E-state index is -1.44. The second-order valence-corrected chi connectivity index (χ2v) is 11.4. The zero-order chi connectivity index (χ0) is 29.4. The molecule has 2 unspecified atom stereocenters. The molecule has 206 valence electrons. The van der Waals surface area contributed by atoms with Gasteiger partial charge in [-0.3, -0.25) is 9.59 Å². The Morgan fingerprint density at radius 3 is 2.35 bits per heavy atom. The van der Waals surface area contributed by atoms with Crippen LogP contribution in [0.25, 0.3) is 0 Å². The predicted molar refractivity (Wildman–Crippen MR) is 152 cm³/mol. The molecule has 7 nitrogen and oxygen atoms in total. The van der Waals surface area contributed by atoms with Crippen LogP contribution >= 0.6 is 58.0 Å². The number of alkyl halides is 2. The van der Waals surface area contributed by atoms with Crippen molar-refractivity contribution in [2.24, 2.45) is 5.92 Å². The summed E-state index contributed by atoms with van der Waals surface area (Å²) in [6.07, 6.45) is -0.102. The van der Waals surface area contributed by atoms with Gasteiger partial charge in [-0.25, -0.2) is 9.18 Å². The average Bonchev–Trinajstić information content (AvgIpc) is 3.49. The summed E-state index contributed by atoms with van der Waals surface area (Å²) in [5, 5.41) is 13.3. The van der Waals surface area contributed by atoms with Gasteiger partial charge in [0.2, 0.25) is 5.91 Å². The molecule has 1 aliphatic rings. The molecule has 0 spiro atoms. The van der Waals surface area contributed by atoms with Crippen LogP contribution in [0.1, 0.15) is 40.7 Å². The summed E-state index contributed by atoms with van der Waals surface area (Å²) >= 11 is 31.3. The summed E-state index contributed by atoms with van der Waals surface area (Å²) in [6.45, 7) is 1.50. The van der Waals surface area contributed by atoms with E-state index in [4.69, 9.17) is 62.8 Å². The Morgan fingerprint density at radius 2 is 1.73 bits per heavy atom. The fourth-order valence-corrected chi connectivity index (χ4v) is 5.63. The predicted octanol–water partition coefficient (Wildman–Crippen LogP) is 7.70.